The van der Waals surface area contributed by atoms with Crippen LogP contribution in [0.3, 0.4) is 0 Å². The van der Waals surface area contributed by atoms with Gasteiger partial charge in [-0.25, -0.2) is 9.18 Å². The van der Waals surface area contributed by atoms with E-state index in [4.69, 9.17) is 4.74 Å². The summed E-state index contributed by atoms with van der Waals surface area (Å²) >= 11 is 3.51. The maximum atomic E-state index is 14.3. The van der Waals surface area contributed by atoms with Crippen LogP contribution in [-0.2, 0) is 4.74 Å². The Morgan fingerprint density at radius 1 is 1.38 bits per heavy atom. The van der Waals surface area contributed by atoms with Crippen molar-refractivity contribution in [1.82, 2.24) is 4.98 Å². The Hall–Kier alpha value is -1.36. The lowest BCUT2D eigenvalue weighted by atomic mass is 9.82. The molecule has 3 nitrogen and oxygen atoms in total. The van der Waals surface area contributed by atoms with Gasteiger partial charge in [0.2, 0.25) is 0 Å². The van der Waals surface area contributed by atoms with Crippen LogP contribution in [0.25, 0.3) is 10.9 Å². The molecule has 0 amide bonds. The average molecular weight is 354 g/mol. The van der Waals surface area contributed by atoms with Gasteiger partial charge >= 0.3 is 5.97 Å². The average Bonchev–Trinajstić information content (AvgIpc) is 2.82. The summed E-state index contributed by atoms with van der Waals surface area (Å²) in [6.45, 7) is 0. The van der Waals surface area contributed by atoms with Gasteiger partial charge in [0.1, 0.15) is 6.17 Å². The topological polar surface area (TPSA) is 42.1 Å². The zero-order chi connectivity index (χ0) is 15.0. The number of carbonyl (C=O) groups excluding carboxylic acids is 1. The molecule has 2 aromatic rings. The van der Waals surface area contributed by atoms with Crippen molar-refractivity contribution in [2.24, 2.45) is 0 Å². The fourth-order valence-corrected chi connectivity index (χ4v) is 3.93. The normalized spacial score (nSPS) is 22.4. The van der Waals surface area contributed by atoms with Crippen LogP contribution in [0.1, 0.15) is 47.5 Å². The van der Waals surface area contributed by atoms with E-state index < -0.39 is 6.17 Å². The van der Waals surface area contributed by atoms with Gasteiger partial charge in [-0.3, -0.25) is 0 Å². The molecule has 1 aliphatic carbocycles. The molecule has 1 aromatic heterocycles. The first-order valence-electron chi connectivity index (χ1n) is 7.15. The standard InChI is InChI=1S/C16H17BrFNO2/c1-21-16(20)9-6-7-11-13(8-9)19-15(17)14(11)10-4-2-3-5-12(10)18/h6-8,10,12,19H,2-5H2,1H3/t10-,12-/m1/s1. The Kier molecular flexibility index (Phi) is 4.02. The van der Waals surface area contributed by atoms with Crippen LogP contribution < -0.4 is 0 Å². The minimum Gasteiger partial charge on any atom is -0.465 e. The molecule has 1 aromatic carbocycles. The lowest BCUT2D eigenvalue weighted by Gasteiger charge is -2.26. The molecule has 0 unspecified atom stereocenters. The molecule has 3 rings (SSSR count). The minimum atomic E-state index is -0.797. The molecule has 21 heavy (non-hydrogen) atoms. The summed E-state index contributed by atoms with van der Waals surface area (Å²) in [6, 6.07) is 5.36. The lowest BCUT2D eigenvalue weighted by Crippen LogP contribution is -2.18. The third-order valence-electron chi connectivity index (χ3n) is 4.26. The number of methoxy groups -OCH3 is 1. The Bertz CT molecular complexity index is 682. The van der Waals surface area contributed by atoms with Crippen molar-refractivity contribution in [1.29, 1.82) is 0 Å². The van der Waals surface area contributed by atoms with E-state index in [9.17, 15) is 9.18 Å². The number of aromatic amines is 1. The molecule has 0 spiro atoms. The highest BCUT2D eigenvalue weighted by Gasteiger charge is 2.30. The van der Waals surface area contributed by atoms with Crippen molar-refractivity contribution in [3.05, 3.63) is 33.9 Å². The number of hydrogen-bond acceptors (Lipinski definition) is 2. The number of ether oxygens (including phenoxy) is 1. The van der Waals surface area contributed by atoms with E-state index in [-0.39, 0.29) is 11.9 Å². The van der Waals surface area contributed by atoms with Gasteiger partial charge in [-0.05, 0) is 46.5 Å². The minimum absolute atomic E-state index is 0.0779. The molecule has 0 bridgehead atoms. The lowest BCUT2D eigenvalue weighted by molar-refractivity contribution is 0.0601. The molecule has 1 heterocycles. The van der Waals surface area contributed by atoms with Gasteiger partial charge in [0.05, 0.1) is 17.3 Å². The number of nitrogens with one attached hydrogen (secondary N) is 1. The van der Waals surface area contributed by atoms with E-state index in [2.05, 4.69) is 20.9 Å². The molecule has 0 saturated heterocycles. The highest BCUT2D eigenvalue weighted by atomic mass is 79.9. The van der Waals surface area contributed by atoms with Gasteiger partial charge in [-0.2, -0.15) is 0 Å². The van der Waals surface area contributed by atoms with Crippen LogP contribution in [0.2, 0.25) is 0 Å². The number of esters is 1. The van der Waals surface area contributed by atoms with Gasteiger partial charge < -0.3 is 9.72 Å². The summed E-state index contributed by atoms with van der Waals surface area (Å²) in [5.41, 5.74) is 2.32. The van der Waals surface area contributed by atoms with E-state index in [1.54, 1.807) is 12.1 Å². The van der Waals surface area contributed by atoms with E-state index in [0.29, 0.717) is 12.0 Å². The van der Waals surface area contributed by atoms with Gasteiger partial charge in [0.15, 0.2) is 0 Å². The number of H-pyrrole nitrogens is 1. The fourth-order valence-electron chi connectivity index (χ4n) is 3.20. The van der Waals surface area contributed by atoms with Crippen LogP contribution in [0.5, 0.6) is 0 Å². The number of benzene rings is 1. The van der Waals surface area contributed by atoms with Crippen molar-refractivity contribution < 1.29 is 13.9 Å². The SMILES string of the molecule is COC(=O)c1ccc2c([C@@H]3CCCC[C@H]3F)c(Br)[nH]c2c1. The predicted molar refractivity (Wildman–Crippen MR) is 83.4 cm³/mol. The largest absolute Gasteiger partial charge is 0.465 e. The molecule has 5 heteroatoms. The summed E-state index contributed by atoms with van der Waals surface area (Å²) in [5, 5.41) is 0.976. The quantitative estimate of drug-likeness (QED) is 0.794. The maximum Gasteiger partial charge on any atom is 0.337 e. The van der Waals surface area contributed by atoms with Crippen LogP contribution in [0.15, 0.2) is 22.8 Å². The molecule has 1 saturated carbocycles. The second-order valence-corrected chi connectivity index (χ2v) is 6.30. The van der Waals surface area contributed by atoms with Crippen LogP contribution in [0.4, 0.5) is 4.39 Å². The molecule has 1 fully saturated rings. The number of rotatable bonds is 2. The zero-order valence-corrected chi connectivity index (χ0v) is 13.4. The summed E-state index contributed by atoms with van der Waals surface area (Å²) in [7, 11) is 1.36. The third-order valence-corrected chi connectivity index (χ3v) is 4.89. The first-order chi connectivity index (χ1) is 10.1. The van der Waals surface area contributed by atoms with Crippen LogP contribution >= 0.6 is 15.9 Å². The number of aromatic nitrogens is 1. The first-order valence-corrected chi connectivity index (χ1v) is 7.94. The van der Waals surface area contributed by atoms with E-state index in [1.165, 1.54) is 7.11 Å². The first kappa shape index (κ1) is 14.6. The van der Waals surface area contributed by atoms with Gasteiger partial charge in [-0.1, -0.05) is 18.9 Å². The number of fused-ring (bicyclic) bond motifs is 1. The highest BCUT2D eigenvalue weighted by molar-refractivity contribution is 9.10. The molecule has 112 valence electrons. The van der Waals surface area contributed by atoms with Crippen LogP contribution in [0, 0.1) is 0 Å². The van der Waals surface area contributed by atoms with Crippen molar-refractivity contribution in [2.75, 3.05) is 7.11 Å². The molecule has 0 aliphatic heterocycles. The number of alkyl halides is 1. The van der Waals surface area contributed by atoms with Gasteiger partial charge in [0.25, 0.3) is 0 Å². The Morgan fingerprint density at radius 2 is 2.14 bits per heavy atom. The van der Waals surface area contributed by atoms with Crippen molar-refractivity contribution in [2.45, 2.75) is 37.8 Å². The number of carbonyl (C=O) groups is 1. The zero-order valence-electron chi connectivity index (χ0n) is 11.8. The number of hydrogen-bond donors (Lipinski definition) is 1. The second kappa shape index (κ2) is 5.79. The molecular formula is C16H17BrFNO2. The van der Waals surface area contributed by atoms with Crippen molar-refractivity contribution in [3.8, 4) is 0 Å². The van der Waals surface area contributed by atoms with E-state index >= 15 is 0 Å². The molecule has 2 atom stereocenters. The van der Waals surface area contributed by atoms with Crippen LogP contribution in [-0.4, -0.2) is 24.2 Å². The highest BCUT2D eigenvalue weighted by Crippen LogP contribution is 2.42. The third kappa shape index (κ3) is 2.59. The Labute approximate surface area is 131 Å². The summed E-state index contributed by atoms with van der Waals surface area (Å²) < 4.78 is 19.8. The number of halogens is 2. The van der Waals surface area contributed by atoms with Crippen molar-refractivity contribution >= 4 is 32.8 Å². The summed E-state index contributed by atoms with van der Waals surface area (Å²) in [4.78, 5) is 14.8. The predicted octanol–water partition coefficient (Wildman–Crippen LogP) is 4.71. The molecule has 0 radical (unpaired) electrons. The fraction of sp³-hybridized carbons (Fsp3) is 0.438. The Morgan fingerprint density at radius 3 is 2.86 bits per heavy atom. The Balaban J connectivity index is 2.07. The molecular weight excluding hydrogens is 337 g/mol. The smallest absolute Gasteiger partial charge is 0.337 e. The summed E-state index contributed by atoms with van der Waals surface area (Å²) in [6.07, 6.45) is 2.72. The summed E-state index contributed by atoms with van der Waals surface area (Å²) in [5.74, 6) is -0.448. The molecule has 1 N–H and O–H groups in total. The van der Waals surface area contributed by atoms with Gasteiger partial charge in [-0.15, -0.1) is 0 Å². The maximum absolute atomic E-state index is 14.3. The van der Waals surface area contributed by atoms with Gasteiger partial charge in [0, 0.05) is 16.8 Å². The van der Waals surface area contributed by atoms with E-state index in [0.717, 1.165) is 40.3 Å². The van der Waals surface area contributed by atoms with E-state index in [1.807, 2.05) is 6.07 Å². The van der Waals surface area contributed by atoms with Crippen molar-refractivity contribution in [3.63, 3.8) is 0 Å². The second-order valence-electron chi connectivity index (χ2n) is 5.51. The molecule has 1 aliphatic rings. The monoisotopic (exact) mass is 353 g/mol.